The first-order chi connectivity index (χ1) is 10.4. The molecule has 2 nitrogen and oxygen atoms in total. The third kappa shape index (κ3) is 5.75. The van der Waals surface area contributed by atoms with Gasteiger partial charge in [-0.3, -0.25) is 9.59 Å². The van der Waals surface area contributed by atoms with Crippen molar-refractivity contribution in [3.8, 4) is 0 Å². The van der Waals surface area contributed by atoms with Crippen molar-refractivity contribution in [2.24, 2.45) is 11.3 Å². The average Bonchev–Trinajstić information content (AvgIpc) is 2.45. The van der Waals surface area contributed by atoms with Crippen molar-refractivity contribution in [1.82, 2.24) is 0 Å². The van der Waals surface area contributed by atoms with Gasteiger partial charge in [-0.25, -0.2) is 0 Å². The first kappa shape index (κ1) is 18.6. The predicted octanol–water partition coefficient (Wildman–Crippen LogP) is 5.20. The van der Waals surface area contributed by atoms with E-state index in [0.717, 1.165) is 19.1 Å². The van der Waals surface area contributed by atoms with E-state index in [1.807, 2.05) is 0 Å². The van der Waals surface area contributed by atoms with Crippen LogP contribution >= 0.6 is 0 Å². The van der Waals surface area contributed by atoms with Gasteiger partial charge in [0.2, 0.25) is 0 Å². The molecule has 0 fully saturated rings. The highest BCUT2D eigenvalue weighted by molar-refractivity contribution is 5.81. The average molecular weight is 302 g/mol. The Morgan fingerprint density at radius 1 is 1.32 bits per heavy atom. The van der Waals surface area contributed by atoms with Crippen LogP contribution in [0.4, 0.5) is 0 Å². The maximum Gasteiger partial charge on any atom is 0.146 e. The second kappa shape index (κ2) is 8.87. The van der Waals surface area contributed by atoms with E-state index < -0.39 is 0 Å². The fraction of sp³-hybridized carbons (Fsp3) is 0.600. The standard InChI is InChI=1S/C20H30O2/c1-16(7-5-9-18(15-22)12-14-21)10-11-19-17(2)8-6-13-20(19,3)4/h7-8,12,14-15,19H,5-6,9-11,13H2,1-4H3/b16-7+,18-12+. The molecule has 0 radical (unpaired) electrons. The molecule has 1 rings (SSSR count). The van der Waals surface area contributed by atoms with E-state index in [9.17, 15) is 9.59 Å². The summed E-state index contributed by atoms with van der Waals surface area (Å²) in [6.45, 7) is 9.20. The topological polar surface area (TPSA) is 34.1 Å². The van der Waals surface area contributed by atoms with E-state index >= 15 is 0 Å². The molecule has 0 aliphatic heterocycles. The second-order valence-electron chi connectivity index (χ2n) is 7.15. The molecule has 122 valence electrons. The Labute approximate surface area is 135 Å². The van der Waals surface area contributed by atoms with Crippen LogP contribution in [0, 0.1) is 11.3 Å². The van der Waals surface area contributed by atoms with Gasteiger partial charge in [-0.15, -0.1) is 0 Å². The first-order valence-corrected chi connectivity index (χ1v) is 8.32. The Balaban J connectivity index is 2.49. The molecule has 1 aliphatic rings. The van der Waals surface area contributed by atoms with Gasteiger partial charge in [0.05, 0.1) is 0 Å². The highest BCUT2D eigenvalue weighted by Gasteiger charge is 2.32. The molecule has 0 saturated carbocycles. The largest absolute Gasteiger partial charge is 0.299 e. The number of hydrogen-bond donors (Lipinski definition) is 0. The van der Waals surface area contributed by atoms with Crippen molar-refractivity contribution < 1.29 is 9.59 Å². The van der Waals surface area contributed by atoms with E-state index in [4.69, 9.17) is 0 Å². The molecule has 0 saturated heterocycles. The molecule has 0 aromatic heterocycles. The predicted molar refractivity (Wildman–Crippen MR) is 92.7 cm³/mol. The van der Waals surface area contributed by atoms with Crippen molar-refractivity contribution >= 4 is 12.6 Å². The lowest BCUT2D eigenvalue weighted by Gasteiger charge is -2.38. The van der Waals surface area contributed by atoms with Gasteiger partial charge in [0, 0.05) is 0 Å². The number of carbonyl (C=O) groups excluding carboxylic acids is 2. The zero-order chi connectivity index (χ0) is 16.6. The molecule has 1 atom stereocenters. The van der Waals surface area contributed by atoms with E-state index in [2.05, 4.69) is 39.8 Å². The van der Waals surface area contributed by atoms with Crippen molar-refractivity contribution in [2.75, 3.05) is 0 Å². The Morgan fingerprint density at radius 2 is 2.05 bits per heavy atom. The summed E-state index contributed by atoms with van der Waals surface area (Å²) < 4.78 is 0. The third-order valence-electron chi connectivity index (χ3n) is 4.93. The van der Waals surface area contributed by atoms with Crippen LogP contribution in [0.3, 0.4) is 0 Å². The number of hydrogen-bond acceptors (Lipinski definition) is 2. The fourth-order valence-electron chi connectivity index (χ4n) is 3.45. The molecule has 0 amide bonds. The Bertz CT molecular complexity index is 478. The lowest BCUT2D eigenvalue weighted by Crippen LogP contribution is -2.27. The summed E-state index contributed by atoms with van der Waals surface area (Å²) in [5.74, 6) is 0.671. The molecule has 0 N–H and O–H groups in total. The summed E-state index contributed by atoms with van der Waals surface area (Å²) in [7, 11) is 0. The van der Waals surface area contributed by atoms with Gasteiger partial charge in [0.15, 0.2) is 0 Å². The van der Waals surface area contributed by atoms with E-state index in [1.54, 1.807) is 5.57 Å². The molecule has 1 unspecified atom stereocenters. The van der Waals surface area contributed by atoms with Crippen molar-refractivity contribution in [2.45, 2.75) is 66.2 Å². The van der Waals surface area contributed by atoms with Crippen LogP contribution in [-0.4, -0.2) is 12.6 Å². The maximum absolute atomic E-state index is 10.8. The monoisotopic (exact) mass is 302 g/mol. The minimum Gasteiger partial charge on any atom is -0.299 e. The maximum atomic E-state index is 10.8. The summed E-state index contributed by atoms with van der Waals surface area (Å²) in [4.78, 5) is 21.1. The number of rotatable bonds is 8. The van der Waals surface area contributed by atoms with E-state index in [1.165, 1.54) is 30.9 Å². The van der Waals surface area contributed by atoms with Crippen LogP contribution in [0.1, 0.15) is 66.2 Å². The second-order valence-corrected chi connectivity index (χ2v) is 7.15. The van der Waals surface area contributed by atoms with Gasteiger partial charge in [0.25, 0.3) is 0 Å². The van der Waals surface area contributed by atoms with Gasteiger partial charge < -0.3 is 0 Å². The van der Waals surface area contributed by atoms with Gasteiger partial charge in [-0.05, 0) is 75.4 Å². The number of carbonyl (C=O) groups is 2. The van der Waals surface area contributed by atoms with Crippen LogP contribution in [-0.2, 0) is 9.59 Å². The Kier molecular flexibility index (Phi) is 7.50. The molecule has 1 aliphatic carbocycles. The highest BCUT2D eigenvalue weighted by atomic mass is 16.1. The van der Waals surface area contributed by atoms with Gasteiger partial charge >= 0.3 is 0 Å². The van der Waals surface area contributed by atoms with Gasteiger partial charge in [-0.1, -0.05) is 37.1 Å². The summed E-state index contributed by atoms with van der Waals surface area (Å²) in [6, 6.07) is 0. The summed E-state index contributed by atoms with van der Waals surface area (Å²) >= 11 is 0. The van der Waals surface area contributed by atoms with E-state index in [0.29, 0.717) is 29.6 Å². The fourth-order valence-corrected chi connectivity index (χ4v) is 3.45. The normalized spacial score (nSPS) is 22.2. The van der Waals surface area contributed by atoms with Gasteiger partial charge in [-0.2, -0.15) is 0 Å². The summed E-state index contributed by atoms with van der Waals surface area (Å²) in [5, 5.41) is 0. The number of allylic oxidation sites excluding steroid dienone is 6. The molecular weight excluding hydrogens is 272 g/mol. The van der Waals surface area contributed by atoms with Crippen molar-refractivity contribution in [1.29, 1.82) is 0 Å². The number of aldehydes is 2. The van der Waals surface area contributed by atoms with Crippen molar-refractivity contribution in [3.63, 3.8) is 0 Å². The molecule has 0 aromatic rings. The minimum absolute atomic E-state index is 0.399. The smallest absolute Gasteiger partial charge is 0.146 e. The van der Waals surface area contributed by atoms with Crippen LogP contribution in [0.25, 0.3) is 0 Å². The minimum atomic E-state index is 0.399. The Hall–Kier alpha value is -1.44. The molecule has 0 aromatic carbocycles. The third-order valence-corrected chi connectivity index (χ3v) is 4.93. The summed E-state index contributed by atoms with van der Waals surface area (Å²) in [6.07, 6.45) is 13.7. The molecule has 2 heteroatoms. The van der Waals surface area contributed by atoms with Crippen LogP contribution in [0.15, 0.2) is 34.9 Å². The zero-order valence-electron chi connectivity index (χ0n) is 14.5. The first-order valence-electron chi connectivity index (χ1n) is 8.32. The summed E-state index contributed by atoms with van der Waals surface area (Å²) in [5.41, 5.74) is 3.90. The SMILES string of the molecule is CC1=CCCC(C)(C)C1CC/C(C)=C/CC/C(C=O)=C\C=O. The van der Waals surface area contributed by atoms with Crippen LogP contribution < -0.4 is 0 Å². The van der Waals surface area contributed by atoms with Gasteiger partial charge in [0.1, 0.15) is 12.6 Å². The van der Waals surface area contributed by atoms with Crippen LogP contribution in [0.2, 0.25) is 0 Å². The zero-order valence-corrected chi connectivity index (χ0v) is 14.5. The van der Waals surface area contributed by atoms with E-state index in [-0.39, 0.29) is 0 Å². The molecule has 0 bridgehead atoms. The lowest BCUT2D eigenvalue weighted by molar-refractivity contribution is -0.106. The lowest BCUT2D eigenvalue weighted by atomic mass is 9.67. The highest BCUT2D eigenvalue weighted by Crippen LogP contribution is 2.43. The quantitative estimate of drug-likeness (QED) is 0.351. The van der Waals surface area contributed by atoms with Crippen molar-refractivity contribution in [3.05, 3.63) is 34.9 Å². The Morgan fingerprint density at radius 3 is 2.64 bits per heavy atom. The molecule has 0 heterocycles. The molecule has 22 heavy (non-hydrogen) atoms. The van der Waals surface area contributed by atoms with Crippen LogP contribution in [0.5, 0.6) is 0 Å². The molecular formula is C20H30O2. The molecule has 0 spiro atoms.